The van der Waals surface area contributed by atoms with Crippen LogP contribution in [0.1, 0.15) is 34.7 Å². The molecule has 38 heavy (non-hydrogen) atoms. The van der Waals surface area contributed by atoms with Crippen LogP contribution in [0.15, 0.2) is 62.5 Å². The Morgan fingerprint density at radius 3 is 2.95 bits per heavy atom. The SMILES string of the molecule is CCOC(=O)c1[nH]cc2c1NC1=C(C(=O)CNC1)C2c1ccc(Sc2nc3ccc(OC(F)F)cc3[nH]2)o1. The van der Waals surface area contributed by atoms with Crippen LogP contribution in [0.25, 0.3) is 11.0 Å². The largest absolute Gasteiger partial charge is 0.461 e. The van der Waals surface area contributed by atoms with Crippen molar-refractivity contribution < 1.29 is 32.3 Å². The van der Waals surface area contributed by atoms with Gasteiger partial charge in [-0.2, -0.15) is 8.78 Å². The molecule has 0 bridgehead atoms. The van der Waals surface area contributed by atoms with Crippen LogP contribution >= 0.6 is 11.8 Å². The number of H-pyrrole nitrogens is 2. The number of ether oxygens (including phenoxy) is 2. The predicted molar refractivity (Wildman–Crippen MR) is 133 cm³/mol. The van der Waals surface area contributed by atoms with Gasteiger partial charge >= 0.3 is 12.6 Å². The monoisotopic (exact) mass is 541 g/mol. The molecule has 0 saturated heterocycles. The molecule has 5 heterocycles. The highest BCUT2D eigenvalue weighted by Crippen LogP contribution is 2.45. The molecule has 1 atom stereocenters. The van der Waals surface area contributed by atoms with E-state index in [9.17, 15) is 18.4 Å². The van der Waals surface area contributed by atoms with Crippen LogP contribution in [0.3, 0.4) is 0 Å². The van der Waals surface area contributed by atoms with E-state index in [0.717, 1.165) is 0 Å². The first kappa shape index (κ1) is 24.2. The molecule has 196 valence electrons. The molecule has 0 saturated carbocycles. The minimum absolute atomic E-state index is 0.0269. The van der Waals surface area contributed by atoms with Crippen LogP contribution in [0.4, 0.5) is 14.5 Å². The zero-order valence-corrected chi connectivity index (χ0v) is 20.7. The molecule has 4 aromatic rings. The van der Waals surface area contributed by atoms with Crippen LogP contribution in [-0.4, -0.2) is 53.0 Å². The number of ketones is 1. The van der Waals surface area contributed by atoms with E-state index in [1.165, 1.54) is 23.9 Å². The fourth-order valence-electron chi connectivity index (χ4n) is 4.70. The second-order valence-electron chi connectivity index (χ2n) is 8.55. The Hall–Kier alpha value is -4.10. The van der Waals surface area contributed by atoms with Crippen molar-refractivity contribution in [2.24, 2.45) is 0 Å². The Labute approximate surface area is 218 Å². The Morgan fingerprint density at radius 1 is 1.26 bits per heavy atom. The van der Waals surface area contributed by atoms with Gasteiger partial charge in [-0.05, 0) is 43.0 Å². The Balaban J connectivity index is 1.32. The number of alkyl halides is 2. The highest BCUT2D eigenvalue weighted by Gasteiger charge is 2.39. The van der Waals surface area contributed by atoms with Gasteiger partial charge in [0.15, 0.2) is 16.0 Å². The van der Waals surface area contributed by atoms with Gasteiger partial charge in [-0.15, -0.1) is 0 Å². The number of nitrogens with one attached hydrogen (secondary N) is 4. The van der Waals surface area contributed by atoms with Gasteiger partial charge in [-0.1, -0.05) is 0 Å². The lowest BCUT2D eigenvalue weighted by Gasteiger charge is -2.31. The average molecular weight is 542 g/mol. The molecule has 0 radical (unpaired) electrons. The quantitative estimate of drug-likeness (QED) is 0.251. The third-order valence-electron chi connectivity index (χ3n) is 6.22. The number of hydrogen-bond donors (Lipinski definition) is 4. The minimum Gasteiger partial charge on any atom is -0.461 e. The number of carbonyl (C=O) groups excluding carboxylic acids is 2. The summed E-state index contributed by atoms with van der Waals surface area (Å²) in [5.41, 5.74) is 3.89. The van der Waals surface area contributed by atoms with E-state index in [2.05, 4.69) is 30.3 Å². The standard InChI is InChI=1S/C25H21F2N5O5S/c1-2-35-23(34)22-21-12(8-29-22)19(20-15(30-21)9-28-10-16(20)33)17-5-6-18(37-17)38-25-31-13-4-3-11(36-24(26)27)7-14(13)32-25/h3-8,19,24,28-30H,2,9-10H2,1H3,(H,31,32). The Kier molecular flexibility index (Phi) is 6.16. The number of nitrogens with zero attached hydrogens (tertiary/aromatic N) is 1. The summed E-state index contributed by atoms with van der Waals surface area (Å²) < 4.78 is 40.9. The number of fused-ring (bicyclic) bond motifs is 2. The third kappa shape index (κ3) is 4.33. The number of halogens is 2. The van der Waals surface area contributed by atoms with E-state index in [1.807, 2.05) is 0 Å². The maximum absolute atomic E-state index is 13.0. The molecule has 1 unspecified atom stereocenters. The van der Waals surface area contributed by atoms with Crippen molar-refractivity contribution in [2.45, 2.75) is 29.7 Å². The second kappa shape index (κ2) is 9.65. The smallest absolute Gasteiger partial charge is 0.387 e. The summed E-state index contributed by atoms with van der Waals surface area (Å²) in [4.78, 5) is 36.0. The molecule has 2 aliphatic heterocycles. The Morgan fingerprint density at radius 2 is 2.13 bits per heavy atom. The fourth-order valence-corrected chi connectivity index (χ4v) is 5.47. The van der Waals surface area contributed by atoms with Gasteiger partial charge in [-0.3, -0.25) is 4.79 Å². The number of rotatable bonds is 7. The topological polar surface area (TPSA) is 134 Å². The van der Waals surface area contributed by atoms with Gasteiger partial charge in [0.05, 0.1) is 35.8 Å². The van der Waals surface area contributed by atoms with Crippen molar-refractivity contribution in [3.8, 4) is 5.75 Å². The number of carbonyl (C=O) groups is 2. The number of hydrogen-bond acceptors (Lipinski definition) is 9. The second-order valence-corrected chi connectivity index (χ2v) is 9.54. The lowest BCUT2D eigenvalue weighted by Crippen LogP contribution is -2.39. The van der Waals surface area contributed by atoms with Crippen molar-refractivity contribution in [3.05, 3.63) is 64.8 Å². The number of Topliss-reactive ketones (excluding diaryl/α,β-unsaturated/α-hetero) is 1. The number of aromatic amines is 2. The van der Waals surface area contributed by atoms with E-state index in [4.69, 9.17) is 9.15 Å². The van der Waals surface area contributed by atoms with Crippen LogP contribution in [0.5, 0.6) is 5.75 Å². The van der Waals surface area contributed by atoms with Crippen molar-refractivity contribution in [1.82, 2.24) is 20.3 Å². The molecule has 0 aliphatic carbocycles. The zero-order chi connectivity index (χ0) is 26.4. The highest BCUT2D eigenvalue weighted by molar-refractivity contribution is 7.99. The number of imidazole rings is 1. The first-order valence-electron chi connectivity index (χ1n) is 11.8. The Bertz CT molecular complexity index is 1590. The molecule has 13 heteroatoms. The molecule has 10 nitrogen and oxygen atoms in total. The van der Waals surface area contributed by atoms with Crippen LogP contribution in [0.2, 0.25) is 0 Å². The van der Waals surface area contributed by atoms with Crippen LogP contribution in [0, 0.1) is 0 Å². The van der Waals surface area contributed by atoms with Gasteiger partial charge in [-0.25, -0.2) is 9.78 Å². The molecule has 0 fully saturated rings. The first-order chi connectivity index (χ1) is 18.4. The van der Waals surface area contributed by atoms with Crippen LogP contribution < -0.4 is 15.4 Å². The zero-order valence-electron chi connectivity index (χ0n) is 19.9. The van der Waals surface area contributed by atoms with E-state index >= 15 is 0 Å². The first-order valence-corrected chi connectivity index (χ1v) is 12.6. The summed E-state index contributed by atoms with van der Waals surface area (Å²) in [5, 5.41) is 7.31. The van der Waals surface area contributed by atoms with Crippen molar-refractivity contribution >= 4 is 40.2 Å². The summed E-state index contributed by atoms with van der Waals surface area (Å²) in [5.74, 6) is -0.551. The molecule has 0 amide bonds. The number of aromatic nitrogens is 3. The number of esters is 1. The molecular weight excluding hydrogens is 520 g/mol. The predicted octanol–water partition coefficient (Wildman–Crippen LogP) is 4.40. The van der Waals surface area contributed by atoms with Crippen LogP contribution in [-0.2, 0) is 9.53 Å². The van der Waals surface area contributed by atoms with E-state index in [0.29, 0.717) is 56.1 Å². The van der Waals surface area contributed by atoms with E-state index < -0.39 is 18.5 Å². The third-order valence-corrected chi connectivity index (χ3v) is 7.03. The number of benzene rings is 1. The highest BCUT2D eigenvalue weighted by atomic mass is 32.2. The van der Waals surface area contributed by atoms with Gasteiger partial charge < -0.3 is 34.5 Å². The van der Waals surface area contributed by atoms with Crippen molar-refractivity contribution in [2.75, 3.05) is 25.0 Å². The molecule has 4 N–H and O–H groups in total. The summed E-state index contributed by atoms with van der Waals surface area (Å²) >= 11 is 1.21. The van der Waals surface area contributed by atoms with Crippen molar-refractivity contribution in [1.29, 1.82) is 0 Å². The maximum atomic E-state index is 13.0. The number of furan rings is 1. The van der Waals surface area contributed by atoms with E-state index in [1.54, 1.807) is 31.3 Å². The minimum atomic E-state index is -2.92. The maximum Gasteiger partial charge on any atom is 0.387 e. The lowest BCUT2D eigenvalue weighted by molar-refractivity contribution is -0.115. The summed E-state index contributed by atoms with van der Waals surface area (Å²) in [7, 11) is 0. The molecular formula is C25H21F2N5O5S. The average Bonchev–Trinajstić information content (AvgIpc) is 3.61. The lowest BCUT2D eigenvalue weighted by atomic mass is 9.82. The summed E-state index contributed by atoms with van der Waals surface area (Å²) in [6.45, 7) is -0.334. The number of anilines is 1. The summed E-state index contributed by atoms with van der Waals surface area (Å²) in [6.07, 6.45) is 1.69. The molecule has 1 aromatic carbocycles. The molecule has 0 spiro atoms. The molecule has 2 aliphatic rings. The van der Waals surface area contributed by atoms with Gasteiger partial charge in [0.2, 0.25) is 0 Å². The van der Waals surface area contributed by atoms with Gasteiger partial charge in [0.1, 0.15) is 17.2 Å². The molecule has 6 rings (SSSR count). The normalized spacial score (nSPS) is 16.9. The summed E-state index contributed by atoms with van der Waals surface area (Å²) in [6, 6.07) is 8.02. The van der Waals surface area contributed by atoms with Gasteiger partial charge in [0, 0.05) is 35.6 Å². The van der Waals surface area contributed by atoms with Crippen molar-refractivity contribution in [3.63, 3.8) is 0 Å². The molecule has 3 aromatic heterocycles. The van der Waals surface area contributed by atoms with Gasteiger partial charge in [0.25, 0.3) is 0 Å². The van der Waals surface area contributed by atoms with E-state index in [-0.39, 0.29) is 30.4 Å². The fraction of sp³-hybridized carbons (Fsp3) is 0.240.